The topological polar surface area (TPSA) is 54.4 Å². The lowest BCUT2D eigenvalue weighted by atomic mass is 9.96. The molecule has 1 N–H and O–H groups in total. The van der Waals surface area contributed by atoms with Crippen LogP contribution < -0.4 is 9.47 Å². The molecule has 0 saturated carbocycles. The Morgan fingerprint density at radius 1 is 1.17 bits per heavy atom. The van der Waals surface area contributed by atoms with Crippen LogP contribution in [0, 0.1) is 5.92 Å². The van der Waals surface area contributed by atoms with Crippen molar-refractivity contribution in [2.45, 2.75) is 51.2 Å². The maximum Gasteiger partial charge on any atom is 0.161 e. The van der Waals surface area contributed by atoms with Crippen molar-refractivity contribution in [3.8, 4) is 11.5 Å². The van der Waals surface area contributed by atoms with Crippen molar-refractivity contribution in [1.29, 1.82) is 0 Å². The second-order valence-corrected chi connectivity index (χ2v) is 8.89. The Morgan fingerprint density at radius 3 is 2.67 bits per heavy atom. The summed E-state index contributed by atoms with van der Waals surface area (Å²) in [6.07, 6.45) is 6.87. The van der Waals surface area contributed by atoms with E-state index in [0.717, 1.165) is 45.3 Å². The Labute approximate surface area is 182 Å². The summed E-state index contributed by atoms with van der Waals surface area (Å²) in [5.74, 6) is 2.22. The molecule has 2 heterocycles. The van der Waals surface area contributed by atoms with Gasteiger partial charge in [0.1, 0.15) is 12.7 Å². The van der Waals surface area contributed by atoms with Gasteiger partial charge in [-0.1, -0.05) is 12.5 Å². The molecule has 2 aliphatic rings. The van der Waals surface area contributed by atoms with Crippen LogP contribution in [-0.2, 0) is 11.3 Å². The van der Waals surface area contributed by atoms with E-state index in [1.807, 2.05) is 6.07 Å². The number of aliphatic hydroxyl groups is 1. The SMILES string of the molecule is COc1ccc(CN(C)CCC2CCOCC2)cc1OC[C@H](O)CN1CCCCC1. The molecule has 2 fully saturated rings. The van der Waals surface area contributed by atoms with Gasteiger partial charge in [0.2, 0.25) is 0 Å². The standard InChI is InChI=1S/C24H40N2O4/c1-25(13-8-20-9-14-29-15-10-20)17-21-6-7-23(28-2)24(16-21)30-19-22(27)18-26-11-4-3-5-12-26/h6-7,16,20,22,27H,3-5,8-15,17-19H2,1-2H3/t22-/m1/s1. The van der Waals surface area contributed by atoms with E-state index in [1.54, 1.807) is 7.11 Å². The molecule has 0 unspecified atom stereocenters. The molecule has 0 radical (unpaired) electrons. The van der Waals surface area contributed by atoms with Crippen LogP contribution in [0.5, 0.6) is 11.5 Å². The van der Waals surface area contributed by atoms with Crippen LogP contribution in [0.2, 0.25) is 0 Å². The van der Waals surface area contributed by atoms with Crippen LogP contribution in [0.15, 0.2) is 18.2 Å². The van der Waals surface area contributed by atoms with Crippen molar-refractivity contribution in [2.24, 2.45) is 5.92 Å². The highest BCUT2D eigenvalue weighted by atomic mass is 16.5. The smallest absolute Gasteiger partial charge is 0.161 e. The highest BCUT2D eigenvalue weighted by molar-refractivity contribution is 5.43. The molecule has 1 aromatic rings. The van der Waals surface area contributed by atoms with Crippen LogP contribution in [0.3, 0.4) is 0 Å². The lowest BCUT2D eigenvalue weighted by Gasteiger charge is -2.28. The minimum Gasteiger partial charge on any atom is -0.493 e. The first-order valence-electron chi connectivity index (χ1n) is 11.6. The van der Waals surface area contributed by atoms with Crippen LogP contribution in [0.1, 0.15) is 44.1 Å². The van der Waals surface area contributed by atoms with E-state index in [1.165, 1.54) is 44.1 Å². The normalized spacial score (nSPS) is 19.7. The van der Waals surface area contributed by atoms with Crippen LogP contribution in [-0.4, -0.2) is 81.2 Å². The van der Waals surface area contributed by atoms with Crippen molar-refractivity contribution in [2.75, 3.05) is 60.2 Å². The molecule has 30 heavy (non-hydrogen) atoms. The molecular weight excluding hydrogens is 380 g/mol. The maximum absolute atomic E-state index is 10.4. The Bertz CT molecular complexity index is 615. The van der Waals surface area contributed by atoms with Gasteiger partial charge in [0, 0.05) is 26.3 Å². The van der Waals surface area contributed by atoms with Crippen molar-refractivity contribution in [3.05, 3.63) is 23.8 Å². The number of likely N-dealkylation sites (tertiary alicyclic amines) is 1. The van der Waals surface area contributed by atoms with Gasteiger partial charge in [0.25, 0.3) is 0 Å². The first kappa shape index (κ1) is 23.3. The molecule has 0 amide bonds. The molecular formula is C24H40N2O4. The van der Waals surface area contributed by atoms with Gasteiger partial charge in [-0.2, -0.15) is 0 Å². The zero-order chi connectivity index (χ0) is 21.2. The van der Waals surface area contributed by atoms with Gasteiger partial charge in [0.15, 0.2) is 11.5 Å². The maximum atomic E-state index is 10.4. The summed E-state index contributed by atoms with van der Waals surface area (Å²) in [6.45, 7) is 6.91. The first-order valence-corrected chi connectivity index (χ1v) is 11.6. The number of piperidine rings is 1. The fourth-order valence-electron chi connectivity index (χ4n) is 4.44. The van der Waals surface area contributed by atoms with Gasteiger partial charge < -0.3 is 29.1 Å². The van der Waals surface area contributed by atoms with Crippen molar-refractivity contribution < 1.29 is 19.3 Å². The number of aliphatic hydroxyl groups excluding tert-OH is 1. The Balaban J connectivity index is 1.47. The number of hydrogen-bond acceptors (Lipinski definition) is 6. The minimum absolute atomic E-state index is 0.288. The molecule has 1 atom stereocenters. The fraction of sp³-hybridized carbons (Fsp3) is 0.750. The molecule has 6 nitrogen and oxygen atoms in total. The quantitative estimate of drug-likeness (QED) is 0.593. The molecule has 1 aromatic carbocycles. The highest BCUT2D eigenvalue weighted by Gasteiger charge is 2.17. The van der Waals surface area contributed by atoms with Gasteiger partial charge in [-0.15, -0.1) is 0 Å². The molecule has 0 aliphatic carbocycles. The van der Waals surface area contributed by atoms with Gasteiger partial charge >= 0.3 is 0 Å². The second-order valence-electron chi connectivity index (χ2n) is 8.89. The zero-order valence-electron chi connectivity index (χ0n) is 18.9. The summed E-state index contributed by atoms with van der Waals surface area (Å²) < 4.78 is 16.9. The van der Waals surface area contributed by atoms with Gasteiger partial charge in [-0.05, 0) is 82.4 Å². The third-order valence-electron chi connectivity index (χ3n) is 6.29. The van der Waals surface area contributed by atoms with Crippen LogP contribution in [0.25, 0.3) is 0 Å². The average Bonchev–Trinajstić information content (AvgIpc) is 2.78. The third-order valence-corrected chi connectivity index (χ3v) is 6.29. The molecule has 0 aromatic heterocycles. The Morgan fingerprint density at radius 2 is 1.93 bits per heavy atom. The van der Waals surface area contributed by atoms with Gasteiger partial charge in [-0.3, -0.25) is 0 Å². The van der Waals surface area contributed by atoms with E-state index < -0.39 is 6.10 Å². The molecule has 0 spiro atoms. The monoisotopic (exact) mass is 420 g/mol. The summed E-state index contributed by atoms with van der Waals surface area (Å²) in [4.78, 5) is 4.70. The molecule has 0 bridgehead atoms. The highest BCUT2D eigenvalue weighted by Crippen LogP contribution is 2.29. The third kappa shape index (κ3) is 7.73. The van der Waals surface area contributed by atoms with Crippen molar-refractivity contribution >= 4 is 0 Å². The number of nitrogens with zero attached hydrogens (tertiary/aromatic N) is 2. The van der Waals surface area contributed by atoms with E-state index in [9.17, 15) is 5.11 Å². The summed E-state index contributed by atoms with van der Waals surface area (Å²) >= 11 is 0. The Hall–Kier alpha value is -1.34. The lowest BCUT2D eigenvalue weighted by molar-refractivity contribution is 0.0605. The Kier molecular flexibility index (Phi) is 9.72. The summed E-state index contributed by atoms with van der Waals surface area (Å²) in [5.41, 5.74) is 1.20. The van der Waals surface area contributed by atoms with E-state index >= 15 is 0 Å². The largest absolute Gasteiger partial charge is 0.493 e. The van der Waals surface area contributed by atoms with E-state index in [2.05, 4.69) is 29.0 Å². The molecule has 2 saturated heterocycles. The number of ether oxygens (including phenoxy) is 3. The molecule has 6 heteroatoms. The van der Waals surface area contributed by atoms with Gasteiger partial charge in [-0.25, -0.2) is 0 Å². The number of rotatable bonds is 11. The molecule has 3 rings (SSSR count). The second kappa shape index (κ2) is 12.5. The van der Waals surface area contributed by atoms with Crippen LogP contribution >= 0.6 is 0 Å². The predicted molar refractivity (Wildman–Crippen MR) is 119 cm³/mol. The van der Waals surface area contributed by atoms with E-state index in [0.29, 0.717) is 18.0 Å². The lowest BCUT2D eigenvalue weighted by Crippen LogP contribution is -2.38. The fourth-order valence-corrected chi connectivity index (χ4v) is 4.44. The van der Waals surface area contributed by atoms with Crippen molar-refractivity contribution in [3.63, 3.8) is 0 Å². The minimum atomic E-state index is -0.487. The number of benzene rings is 1. The number of methoxy groups -OCH3 is 1. The summed E-state index contributed by atoms with van der Waals surface area (Å²) in [7, 11) is 3.83. The first-order chi connectivity index (χ1) is 14.6. The predicted octanol–water partition coefficient (Wildman–Crippen LogP) is 3.17. The summed E-state index contributed by atoms with van der Waals surface area (Å²) in [5, 5.41) is 10.4. The molecule has 170 valence electrons. The summed E-state index contributed by atoms with van der Waals surface area (Å²) in [6, 6.07) is 6.12. The number of β-amino-alcohol motifs (C(OH)–C–C–N with tert-alkyl or cyclic N) is 1. The van der Waals surface area contributed by atoms with E-state index in [-0.39, 0.29) is 6.61 Å². The molecule has 2 aliphatic heterocycles. The number of hydrogen-bond donors (Lipinski definition) is 1. The van der Waals surface area contributed by atoms with Crippen molar-refractivity contribution in [1.82, 2.24) is 9.80 Å². The van der Waals surface area contributed by atoms with E-state index in [4.69, 9.17) is 14.2 Å². The zero-order valence-corrected chi connectivity index (χ0v) is 18.9. The average molecular weight is 421 g/mol. The van der Waals surface area contributed by atoms with Crippen LogP contribution in [0.4, 0.5) is 0 Å². The van der Waals surface area contributed by atoms with Gasteiger partial charge in [0.05, 0.1) is 7.11 Å².